The van der Waals surface area contributed by atoms with Crippen LogP contribution in [0.4, 0.5) is 17.2 Å². The number of ether oxygens (including phenoxy) is 1. The van der Waals surface area contributed by atoms with Gasteiger partial charge >= 0.3 is 0 Å². The van der Waals surface area contributed by atoms with Gasteiger partial charge in [0, 0.05) is 10.7 Å². The zero-order valence-electron chi connectivity index (χ0n) is 14.3. The van der Waals surface area contributed by atoms with E-state index in [9.17, 15) is 4.79 Å². The Bertz CT molecular complexity index is 929. The molecule has 0 radical (unpaired) electrons. The highest BCUT2D eigenvalue weighted by Crippen LogP contribution is 2.24. The van der Waals surface area contributed by atoms with Crippen molar-refractivity contribution in [2.24, 2.45) is 0 Å². The Balaban J connectivity index is 1.70. The average Bonchev–Trinajstić information content (AvgIpc) is 2.66. The molecule has 26 heavy (non-hydrogen) atoms. The molecule has 1 aromatic heterocycles. The van der Waals surface area contributed by atoms with Crippen molar-refractivity contribution in [2.75, 3.05) is 17.7 Å². The summed E-state index contributed by atoms with van der Waals surface area (Å²) in [5, 5.41) is 14.5. The predicted octanol–water partition coefficient (Wildman–Crippen LogP) is 4.44. The van der Waals surface area contributed by atoms with Gasteiger partial charge in [-0.1, -0.05) is 29.8 Å². The van der Waals surface area contributed by atoms with Crippen LogP contribution in [-0.4, -0.2) is 23.2 Å². The molecule has 0 atom stereocenters. The predicted molar refractivity (Wildman–Crippen MR) is 102 cm³/mol. The van der Waals surface area contributed by atoms with E-state index in [-0.39, 0.29) is 11.6 Å². The number of benzene rings is 2. The van der Waals surface area contributed by atoms with E-state index in [1.807, 2.05) is 31.2 Å². The summed E-state index contributed by atoms with van der Waals surface area (Å²) in [6.45, 7) is 1.93. The summed E-state index contributed by atoms with van der Waals surface area (Å²) < 4.78 is 5.21. The molecule has 0 aliphatic heterocycles. The number of carbonyl (C=O) groups is 1. The van der Waals surface area contributed by atoms with Gasteiger partial charge in [0.25, 0.3) is 5.91 Å². The second-order valence-corrected chi connectivity index (χ2v) is 5.95. The lowest BCUT2D eigenvalue weighted by Gasteiger charge is -2.10. The number of aromatic nitrogens is 2. The van der Waals surface area contributed by atoms with Crippen LogP contribution < -0.4 is 15.4 Å². The second kappa shape index (κ2) is 7.84. The molecule has 0 unspecified atom stereocenters. The monoisotopic (exact) mass is 368 g/mol. The molecule has 3 aromatic rings. The van der Waals surface area contributed by atoms with E-state index < -0.39 is 0 Å². The largest absolute Gasteiger partial charge is 0.495 e. The zero-order chi connectivity index (χ0) is 18.5. The Morgan fingerprint density at radius 3 is 2.58 bits per heavy atom. The summed E-state index contributed by atoms with van der Waals surface area (Å²) in [6, 6.07) is 16.0. The number of nitrogens with one attached hydrogen (secondary N) is 2. The molecule has 2 N–H and O–H groups in total. The number of hydrogen-bond donors (Lipinski definition) is 2. The van der Waals surface area contributed by atoms with Crippen LogP contribution in [0.15, 0.2) is 54.6 Å². The van der Waals surface area contributed by atoms with E-state index in [1.54, 1.807) is 37.4 Å². The van der Waals surface area contributed by atoms with Crippen LogP contribution in [0.5, 0.6) is 5.75 Å². The normalized spacial score (nSPS) is 10.3. The summed E-state index contributed by atoms with van der Waals surface area (Å²) in [5.41, 5.74) is 2.55. The van der Waals surface area contributed by atoms with Crippen molar-refractivity contribution in [3.05, 3.63) is 70.9 Å². The Hall–Kier alpha value is -3.12. The van der Waals surface area contributed by atoms with Gasteiger partial charge in [-0.05, 0) is 48.9 Å². The van der Waals surface area contributed by atoms with Gasteiger partial charge in [0.1, 0.15) is 5.75 Å². The van der Waals surface area contributed by atoms with Gasteiger partial charge in [-0.3, -0.25) is 4.79 Å². The Morgan fingerprint density at radius 2 is 1.88 bits per heavy atom. The summed E-state index contributed by atoms with van der Waals surface area (Å²) in [7, 11) is 1.54. The van der Waals surface area contributed by atoms with Crippen molar-refractivity contribution in [2.45, 2.75) is 6.92 Å². The van der Waals surface area contributed by atoms with Crippen molar-refractivity contribution in [1.82, 2.24) is 10.2 Å². The molecule has 0 saturated heterocycles. The van der Waals surface area contributed by atoms with Crippen molar-refractivity contribution >= 4 is 34.7 Å². The van der Waals surface area contributed by atoms with Crippen molar-refractivity contribution in [3.8, 4) is 5.75 Å². The van der Waals surface area contributed by atoms with E-state index >= 15 is 0 Å². The third-order valence-electron chi connectivity index (χ3n) is 3.70. The smallest absolute Gasteiger partial charge is 0.276 e. The van der Waals surface area contributed by atoms with E-state index in [0.717, 1.165) is 11.3 Å². The van der Waals surface area contributed by atoms with Crippen molar-refractivity contribution < 1.29 is 9.53 Å². The Labute approximate surface area is 156 Å². The zero-order valence-corrected chi connectivity index (χ0v) is 15.0. The summed E-state index contributed by atoms with van der Waals surface area (Å²) in [5.74, 6) is 0.717. The maximum atomic E-state index is 12.3. The van der Waals surface area contributed by atoms with Gasteiger partial charge < -0.3 is 15.4 Å². The number of halogens is 1. The molecule has 1 amide bonds. The lowest BCUT2D eigenvalue weighted by atomic mass is 10.2. The molecule has 0 fully saturated rings. The molecule has 0 aliphatic carbocycles. The second-order valence-electron chi connectivity index (χ2n) is 5.55. The first-order valence-corrected chi connectivity index (χ1v) is 8.26. The molecule has 132 valence electrons. The molecular formula is C19H17ClN4O2. The average molecular weight is 369 g/mol. The first-order valence-electron chi connectivity index (χ1n) is 7.88. The summed E-state index contributed by atoms with van der Waals surface area (Å²) in [6.07, 6.45) is 0. The van der Waals surface area contributed by atoms with Crippen LogP contribution in [0.3, 0.4) is 0 Å². The number of amides is 1. The topological polar surface area (TPSA) is 76.1 Å². The minimum Gasteiger partial charge on any atom is -0.495 e. The van der Waals surface area contributed by atoms with Crippen molar-refractivity contribution in [3.63, 3.8) is 0 Å². The molecule has 0 aliphatic rings. The minimum atomic E-state index is -0.369. The Morgan fingerprint density at radius 1 is 1.08 bits per heavy atom. The number of carbonyl (C=O) groups excluding carboxylic acids is 1. The highest BCUT2D eigenvalue weighted by atomic mass is 35.5. The van der Waals surface area contributed by atoms with Gasteiger partial charge in [-0.15, -0.1) is 10.2 Å². The number of rotatable bonds is 5. The molecule has 3 rings (SSSR count). The SMILES string of the molecule is COc1ccccc1NC(=O)c1ccc(Nc2ccc(C)c(Cl)c2)nn1. The number of aryl methyl sites for hydroxylation is 1. The van der Waals surface area contributed by atoms with Crippen LogP contribution in [-0.2, 0) is 0 Å². The fraction of sp³-hybridized carbons (Fsp3) is 0.105. The third kappa shape index (κ3) is 4.10. The number of nitrogens with zero attached hydrogens (tertiary/aromatic N) is 2. The van der Waals surface area contributed by atoms with Crippen LogP contribution in [0.25, 0.3) is 0 Å². The van der Waals surface area contributed by atoms with E-state index in [4.69, 9.17) is 16.3 Å². The van der Waals surface area contributed by atoms with Crippen LogP contribution in [0.1, 0.15) is 16.1 Å². The molecule has 0 saturated carbocycles. The van der Waals surface area contributed by atoms with E-state index in [1.165, 1.54) is 0 Å². The Kier molecular flexibility index (Phi) is 5.34. The third-order valence-corrected chi connectivity index (χ3v) is 4.10. The quantitative estimate of drug-likeness (QED) is 0.696. The van der Waals surface area contributed by atoms with E-state index in [2.05, 4.69) is 20.8 Å². The number of anilines is 3. The van der Waals surface area contributed by atoms with Crippen LogP contribution >= 0.6 is 11.6 Å². The fourth-order valence-electron chi connectivity index (χ4n) is 2.27. The lowest BCUT2D eigenvalue weighted by molar-refractivity contribution is 0.102. The van der Waals surface area contributed by atoms with Crippen molar-refractivity contribution in [1.29, 1.82) is 0 Å². The maximum absolute atomic E-state index is 12.3. The minimum absolute atomic E-state index is 0.198. The molecular weight excluding hydrogens is 352 g/mol. The molecule has 6 nitrogen and oxygen atoms in total. The van der Waals surface area contributed by atoms with Gasteiger partial charge in [-0.25, -0.2) is 0 Å². The number of para-hydroxylation sites is 2. The number of methoxy groups -OCH3 is 1. The first-order chi connectivity index (χ1) is 12.6. The van der Waals surface area contributed by atoms with Crippen LogP contribution in [0.2, 0.25) is 5.02 Å². The molecule has 0 bridgehead atoms. The van der Waals surface area contributed by atoms with E-state index in [0.29, 0.717) is 22.3 Å². The lowest BCUT2D eigenvalue weighted by Crippen LogP contribution is -2.15. The fourth-order valence-corrected chi connectivity index (χ4v) is 2.45. The van der Waals surface area contributed by atoms with Gasteiger partial charge in [0.15, 0.2) is 11.5 Å². The van der Waals surface area contributed by atoms with Crippen LogP contribution in [0, 0.1) is 6.92 Å². The number of hydrogen-bond acceptors (Lipinski definition) is 5. The molecule has 2 aromatic carbocycles. The van der Waals surface area contributed by atoms with Gasteiger partial charge in [0.2, 0.25) is 0 Å². The highest BCUT2D eigenvalue weighted by Gasteiger charge is 2.11. The molecule has 7 heteroatoms. The van der Waals surface area contributed by atoms with Gasteiger partial charge in [0.05, 0.1) is 12.8 Å². The summed E-state index contributed by atoms with van der Waals surface area (Å²) >= 11 is 6.11. The van der Waals surface area contributed by atoms with Gasteiger partial charge in [-0.2, -0.15) is 0 Å². The maximum Gasteiger partial charge on any atom is 0.276 e. The summed E-state index contributed by atoms with van der Waals surface area (Å²) in [4.78, 5) is 12.3. The molecule has 1 heterocycles. The standard InChI is InChI=1S/C19H17ClN4O2/c1-12-7-8-13(11-14(12)20)21-18-10-9-16(23-24-18)19(25)22-15-5-3-4-6-17(15)26-2/h3-11H,1-2H3,(H,21,24)(H,22,25). The highest BCUT2D eigenvalue weighted by molar-refractivity contribution is 6.31. The first kappa shape index (κ1) is 17.7. The molecule has 0 spiro atoms.